The molecule has 0 fully saturated rings. The molecular weight excluding hydrogens is 115 g/mol. The van der Waals surface area contributed by atoms with Crippen molar-refractivity contribution in [1.29, 1.82) is 0 Å². The zero-order valence-corrected chi connectivity index (χ0v) is 4.44. The molecule has 1 N–H and O–H groups in total. The average Bonchev–Trinajstić information content (AvgIpc) is 1.65. The van der Waals surface area contributed by atoms with Gasteiger partial charge >= 0.3 is 51.4 Å². The molecule has 0 bridgehead atoms. The molecule has 0 aromatic rings. The van der Waals surface area contributed by atoms with Gasteiger partial charge in [0.15, 0.2) is 0 Å². The summed E-state index contributed by atoms with van der Waals surface area (Å²) in [7, 11) is 0. The Morgan fingerprint density at radius 2 is 1.57 bits per heavy atom. The van der Waals surface area contributed by atoms with Crippen molar-refractivity contribution in [1.82, 2.24) is 0 Å². The normalized spacial score (nSPS) is 8.57. The number of rotatable bonds is 2. The number of hydrogen-bond donors (Lipinski definition) is 1. The van der Waals surface area contributed by atoms with E-state index in [4.69, 9.17) is 5.11 Å². The zero-order chi connectivity index (χ0) is 4.99. The quantitative estimate of drug-likeness (QED) is 0.538. The molecule has 0 atom stereocenters. The van der Waals surface area contributed by atoms with Gasteiger partial charge in [0.05, 0.1) is 6.10 Å². The van der Waals surface area contributed by atoms with Crippen molar-refractivity contribution in [2.75, 3.05) is 0 Å². The Kier molecular flexibility index (Phi) is 12.4. The van der Waals surface area contributed by atoms with Gasteiger partial charge in [-0.25, -0.2) is 0 Å². The summed E-state index contributed by atoms with van der Waals surface area (Å²) in [6.07, 6.45) is 1.71. The monoisotopic (exact) mass is 128 g/mol. The first kappa shape index (κ1) is 11.4. The summed E-state index contributed by atoms with van der Waals surface area (Å²) in [5, 5.41) is 8.67. The van der Waals surface area contributed by atoms with Gasteiger partial charge in [-0.15, -0.1) is 0 Å². The van der Waals surface area contributed by atoms with E-state index >= 15 is 0 Å². The zero-order valence-electron chi connectivity index (χ0n) is 4.44. The SMILES string of the molecule is CCC(O)CC.[KH]. The van der Waals surface area contributed by atoms with Gasteiger partial charge in [0.25, 0.3) is 0 Å². The molecule has 0 heterocycles. The van der Waals surface area contributed by atoms with Crippen molar-refractivity contribution >= 4 is 51.4 Å². The maximum atomic E-state index is 8.67. The first-order valence-electron chi connectivity index (χ1n) is 2.49. The van der Waals surface area contributed by atoms with Crippen LogP contribution in [0.4, 0.5) is 0 Å². The van der Waals surface area contributed by atoms with Gasteiger partial charge < -0.3 is 5.11 Å². The second-order valence-electron chi connectivity index (χ2n) is 1.47. The third-order valence-corrected chi connectivity index (χ3v) is 0.942. The summed E-state index contributed by atoms with van der Waals surface area (Å²) in [5.41, 5.74) is 0. The van der Waals surface area contributed by atoms with Crippen LogP contribution in [0.15, 0.2) is 0 Å². The van der Waals surface area contributed by atoms with Gasteiger partial charge in [0, 0.05) is 0 Å². The number of hydrogen-bond acceptors (Lipinski definition) is 1. The van der Waals surface area contributed by atoms with E-state index in [0.29, 0.717) is 0 Å². The van der Waals surface area contributed by atoms with Crippen LogP contribution in [0.5, 0.6) is 0 Å². The van der Waals surface area contributed by atoms with Crippen molar-refractivity contribution < 1.29 is 5.11 Å². The third kappa shape index (κ3) is 7.60. The van der Waals surface area contributed by atoms with Gasteiger partial charge in [-0.3, -0.25) is 0 Å². The molecule has 40 valence electrons. The Hall–Kier alpha value is 1.60. The molecule has 0 amide bonds. The van der Waals surface area contributed by atoms with Gasteiger partial charge in [-0.05, 0) is 12.8 Å². The number of aliphatic hydroxyl groups excluding tert-OH is 1. The molecule has 0 aliphatic carbocycles. The second-order valence-corrected chi connectivity index (χ2v) is 1.47. The van der Waals surface area contributed by atoms with E-state index in [1.165, 1.54) is 0 Å². The van der Waals surface area contributed by atoms with E-state index in [1.54, 1.807) is 0 Å². The molecule has 0 aromatic heterocycles. The van der Waals surface area contributed by atoms with Crippen LogP contribution in [-0.4, -0.2) is 62.6 Å². The Bertz CT molecular complexity index is 27.3. The predicted octanol–water partition coefficient (Wildman–Crippen LogP) is 0.519. The molecule has 0 spiro atoms. The van der Waals surface area contributed by atoms with Crippen molar-refractivity contribution in [3.8, 4) is 0 Å². The van der Waals surface area contributed by atoms with Crippen LogP contribution in [0.2, 0.25) is 0 Å². The fraction of sp³-hybridized carbons (Fsp3) is 1.00. The van der Waals surface area contributed by atoms with Gasteiger partial charge in [-0.1, -0.05) is 13.8 Å². The summed E-state index contributed by atoms with van der Waals surface area (Å²) < 4.78 is 0. The Morgan fingerprint density at radius 1 is 1.29 bits per heavy atom. The first-order chi connectivity index (χ1) is 2.81. The van der Waals surface area contributed by atoms with E-state index in [0.717, 1.165) is 12.8 Å². The molecule has 1 nitrogen and oxygen atoms in total. The Balaban J connectivity index is 0. The average molecular weight is 128 g/mol. The van der Waals surface area contributed by atoms with Gasteiger partial charge in [-0.2, -0.15) is 0 Å². The van der Waals surface area contributed by atoms with Crippen molar-refractivity contribution in [2.24, 2.45) is 0 Å². The van der Waals surface area contributed by atoms with E-state index in [1.807, 2.05) is 13.8 Å². The van der Waals surface area contributed by atoms with Gasteiger partial charge in [0.1, 0.15) is 0 Å². The molecule has 7 heavy (non-hydrogen) atoms. The van der Waals surface area contributed by atoms with Crippen molar-refractivity contribution in [3.05, 3.63) is 0 Å². The Morgan fingerprint density at radius 3 is 1.57 bits per heavy atom. The molecule has 0 aliphatic rings. The summed E-state index contributed by atoms with van der Waals surface area (Å²) in [6.45, 7) is 3.96. The molecule has 0 rings (SSSR count). The standard InChI is InChI=1S/C5H12O.K.H/c1-3-5(6)4-2;;/h5-6H,3-4H2,1-2H3;;. The first-order valence-corrected chi connectivity index (χ1v) is 2.49. The van der Waals surface area contributed by atoms with Crippen molar-refractivity contribution in [3.63, 3.8) is 0 Å². The van der Waals surface area contributed by atoms with Crippen LogP contribution in [0.1, 0.15) is 26.7 Å². The van der Waals surface area contributed by atoms with E-state index < -0.39 is 0 Å². The van der Waals surface area contributed by atoms with Gasteiger partial charge in [0.2, 0.25) is 0 Å². The molecule has 0 saturated heterocycles. The summed E-state index contributed by atoms with van der Waals surface area (Å²) >= 11 is 0. The topological polar surface area (TPSA) is 20.2 Å². The fourth-order valence-electron chi connectivity index (χ4n) is 0.289. The minimum atomic E-state index is -0.0648. The van der Waals surface area contributed by atoms with E-state index in [2.05, 4.69) is 0 Å². The molecule has 0 radical (unpaired) electrons. The summed E-state index contributed by atoms with van der Waals surface area (Å²) in [6, 6.07) is 0. The predicted molar refractivity (Wildman–Crippen MR) is 33.7 cm³/mol. The number of aliphatic hydroxyl groups is 1. The summed E-state index contributed by atoms with van der Waals surface area (Å²) in [5.74, 6) is 0. The molecule has 2 heteroatoms. The van der Waals surface area contributed by atoms with Crippen molar-refractivity contribution in [2.45, 2.75) is 32.8 Å². The van der Waals surface area contributed by atoms with E-state index in [-0.39, 0.29) is 57.5 Å². The maximum absolute atomic E-state index is 8.67. The molecule has 0 unspecified atom stereocenters. The minimum absolute atomic E-state index is 0. The molecule has 0 aliphatic heterocycles. The molecular formula is C5H13KO. The van der Waals surface area contributed by atoms with Crippen LogP contribution in [0.25, 0.3) is 0 Å². The van der Waals surface area contributed by atoms with Crippen LogP contribution < -0.4 is 0 Å². The molecule has 0 aromatic carbocycles. The van der Waals surface area contributed by atoms with Crippen LogP contribution >= 0.6 is 0 Å². The van der Waals surface area contributed by atoms with Crippen LogP contribution in [0.3, 0.4) is 0 Å². The Labute approximate surface area is 87.9 Å². The fourth-order valence-corrected chi connectivity index (χ4v) is 0.289. The second kappa shape index (κ2) is 7.60. The van der Waals surface area contributed by atoms with Crippen LogP contribution in [-0.2, 0) is 0 Å². The molecule has 0 saturated carbocycles. The van der Waals surface area contributed by atoms with Crippen LogP contribution in [0, 0.1) is 0 Å². The summed E-state index contributed by atoms with van der Waals surface area (Å²) in [4.78, 5) is 0. The third-order valence-electron chi connectivity index (χ3n) is 0.942. The van der Waals surface area contributed by atoms with E-state index in [9.17, 15) is 0 Å².